The molecule has 1 aromatic rings. The van der Waals surface area contributed by atoms with Gasteiger partial charge in [0.15, 0.2) is 11.6 Å². The summed E-state index contributed by atoms with van der Waals surface area (Å²) in [5.41, 5.74) is 4.51. The Balaban J connectivity index is 3.28. The molecule has 0 saturated heterocycles. The number of hydrogen-bond acceptors (Lipinski definition) is 1. The molecule has 0 aliphatic rings. The lowest BCUT2D eigenvalue weighted by Crippen LogP contribution is -2.09. The van der Waals surface area contributed by atoms with Crippen molar-refractivity contribution in [3.05, 3.63) is 34.9 Å². The quantitative estimate of drug-likeness (QED) is 0.741. The summed E-state index contributed by atoms with van der Waals surface area (Å²) in [6.07, 6.45) is -2.83. The molecule has 0 spiro atoms. The Morgan fingerprint density at radius 1 is 1.21 bits per heavy atom. The van der Waals surface area contributed by atoms with Crippen molar-refractivity contribution in [3.63, 3.8) is 0 Å². The molecular weight excluding hydrogens is 198 g/mol. The van der Waals surface area contributed by atoms with Gasteiger partial charge < -0.3 is 5.73 Å². The van der Waals surface area contributed by atoms with Crippen LogP contribution in [0.2, 0.25) is 0 Å². The van der Waals surface area contributed by atoms with Crippen molar-refractivity contribution in [1.82, 2.24) is 0 Å². The molecule has 1 nitrogen and oxygen atoms in total. The van der Waals surface area contributed by atoms with Gasteiger partial charge in [0.05, 0.1) is 0 Å². The second kappa shape index (κ2) is 3.96. The Labute approximate surface area is 78.5 Å². The lowest BCUT2D eigenvalue weighted by atomic mass is 10.0. The molecule has 0 saturated carbocycles. The maximum atomic E-state index is 13.0. The van der Waals surface area contributed by atoms with Gasteiger partial charge in [0.25, 0.3) is 6.43 Å². The van der Waals surface area contributed by atoms with E-state index in [-0.39, 0.29) is 5.56 Å². The second-order valence-corrected chi connectivity index (χ2v) is 3.00. The van der Waals surface area contributed by atoms with Gasteiger partial charge in [-0.3, -0.25) is 0 Å². The van der Waals surface area contributed by atoms with E-state index in [1.165, 1.54) is 6.92 Å². The van der Waals surface area contributed by atoms with Gasteiger partial charge in [-0.1, -0.05) is 0 Å². The van der Waals surface area contributed by atoms with Crippen molar-refractivity contribution >= 4 is 0 Å². The van der Waals surface area contributed by atoms with E-state index in [1.807, 2.05) is 0 Å². The van der Waals surface area contributed by atoms with Crippen molar-refractivity contribution < 1.29 is 17.6 Å². The van der Waals surface area contributed by atoms with Gasteiger partial charge >= 0.3 is 0 Å². The van der Waals surface area contributed by atoms with Gasteiger partial charge in [0.2, 0.25) is 0 Å². The molecule has 78 valence electrons. The third-order valence-electron chi connectivity index (χ3n) is 1.82. The van der Waals surface area contributed by atoms with Crippen LogP contribution in [-0.4, -0.2) is 0 Å². The van der Waals surface area contributed by atoms with E-state index >= 15 is 0 Å². The fraction of sp³-hybridized carbons (Fsp3) is 0.333. The van der Waals surface area contributed by atoms with Gasteiger partial charge in [-0.05, 0) is 19.1 Å². The highest BCUT2D eigenvalue weighted by molar-refractivity contribution is 5.29. The Bertz CT molecular complexity index is 336. The highest BCUT2D eigenvalue weighted by Gasteiger charge is 2.17. The third kappa shape index (κ3) is 2.04. The van der Waals surface area contributed by atoms with Crippen molar-refractivity contribution in [1.29, 1.82) is 0 Å². The molecule has 14 heavy (non-hydrogen) atoms. The maximum Gasteiger partial charge on any atom is 0.263 e. The van der Waals surface area contributed by atoms with Crippen LogP contribution in [0.25, 0.3) is 0 Å². The molecule has 0 aromatic heterocycles. The van der Waals surface area contributed by atoms with Crippen molar-refractivity contribution in [2.75, 3.05) is 0 Å². The minimum atomic E-state index is -2.83. The molecule has 1 atom stereocenters. The Hall–Kier alpha value is -1.10. The number of benzene rings is 1. The topological polar surface area (TPSA) is 26.0 Å². The number of hydrogen-bond donors (Lipinski definition) is 1. The first-order valence-electron chi connectivity index (χ1n) is 3.96. The summed E-state index contributed by atoms with van der Waals surface area (Å²) >= 11 is 0. The Morgan fingerprint density at radius 2 is 1.79 bits per heavy atom. The summed E-state index contributed by atoms with van der Waals surface area (Å²) in [4.78, 5) is 0. The normalized spacial score (nSPS) is 13.4. The van der Waals surface area contributed by atoms with Crippen LogP contribution in [0.15, 0.2) is 12.1 Å². The average molecular weight is 207 g/mol. The molecule has 0 fully saturated rings. The highest BCUT2D eigenvalue weighted by Crippen LogP contribution is 2.26. The predicted octanol–water partition coefficient (Wildman–Crippen LogP) is 2.92. The van der Waals surface area contributed by atoms with Crippen LogP contribution in [-0.2, 0) is 0 Å². The minimum Gasteiger partial charge on any atom is -0.324 e. The molecule has 0 aliphatic carbocycles. The van der Waals surface area contributed by atoms with Gasteiger partial charge in [-0.15, -0.1) is 0 Å². The molecular formula is C9H9F4N. The minimum absolute atomic E-state index is 0.236. The van der Waals surface area contributed by atoms with Crippen LogP contribution in [0.1, 0.15) is 30.5 Å². The summed E-state index contributed by atoms with van der Waals surface area (Å²) in [6, 6.07) is 0.544. The first-order valence-corrected chi connectivity index (χ1v) is 3.96. The molecule has 2 N–H and O–H groups in total. The van der Waals surface area contributed by atoms with Gasteiger partial charge in [-0.25, -0.2) is 17.6 Å². The van der Waals surface area contributed by atoms with E-state index in [4.69, 9.17) is 5.73 Å². The monoisotopic (exact) mass is 207 g/mol. The van der Waals surface area contributed by atoms with Crippen LogP contribution in [0.3, 0.4) is 0 Å². The average Bonchev–Trinajstić information content (AvgIpc) is 2.08. The molecule has 0 heterocycles. The van der Waals surface area contributed by atoms with Gasteiger partial charge in [0, 0.05) is 17.2 Å². The predicted molar refractivity (Wildman–Crippen MR) is 43.9 cm³/mol. The summed E-state index contributed by atoms with van der Waals surface area (Å²) < 4.78 is 50.2. The van der Waals surface area contributed by atoms with Crippen molar-refractivity contribution in [3.8, 4) is 0 Å². The van der Waals surface area contributed by atoms with E-state index in [0.717, 1.165) is 6.07 Å². The van der Waals surface area contributed by atoms with Crippen LogP contribution in [0.5, 0.6) is 0 Å². The van der Waals surface area contributed by atoms with Crippen molar-refractivity contribution in [2.24, 2.45) is 5.73 Å². The fourth-order valence-corrected chi connectivity index (χ4v) is 1.09. The number of halogens is 4. The van der Waals surface area contributed by atoms with Crippen LogP contribution in [0.4, 0.5) is 17.6 Å². The molecule has 0 bridgehead atoms. The third-order valence-corrected chi connectivity index (χ3v) is 1.82. The van der Waals surface area contributed by atoms with Crippen LogP contribution >= 0.6 is 0 Å². The zero-order valence-corrected chi connectivity index (χ0v) is 7.40. The van der Waals surface area contributed by atoms with Gasteiger partial charge in [-0.2, -0.15) is 0 Å². The summed E-state index contributed by atoms with van der Waals surface area (Å²) in [5, 5.41) is 0. The van der Waals surface area contributed by atoms with E-state index in [1.54, 1.807) is 0 Å². The molecule has 1 aromatic carbocycles. The number of nitrogens with two attached hydrogens (primary N) is 1. The number of alkyl halides is 2. The highest BCUT2D eigenvalue weighted by atomic mass is 19.3. The maximum absolute atomic E-state index is 13.0. The Kier molecular flexibility index (Phi) is 3.10. The Morgan fingerprint density at radius 3 is 2.21 bits per heavy atom. The van der Waals surface area contributed by atoms with E-state index in [2.05, 4.69) is 0 Å². The lowest BCUT2D eigenvalue weighted by Gasteiger charge is -2.10. The molecule has 5 heteroatoms. The lowest BCUT2D eigenvalue weighted by molar-refractivity contribution is 0.150. The van der Waals surface area contributed by atoms with E-state index in [0.29, 0.717) is 6.07 Å². The number of rotatable bonds is 2. The summed E-state index contributed by atoms with van der Waals surface area (Å²) in [7, 11) is 0. The first kappa shape index (κ1) is 11.0. The SMILES string of the molecule is CC(N)c1cc(C(F)F)cc(F)c1F. The van der Waals surface area contributed by atoms with Crippen LogP contribution in [0, 0.1) is 11.6 Å². The van der Waals surface area contributed by atoms with E-state index < -0.39 is 29.7 Å². The first-order chi connectivity index (χ1) is 6.43. The van der Waals surface area contributed by atoms with Gasteiger partial charge in [0.1, 0.15) is 0 Å². The smallest absolute Gasteiger partial charge is 0.263 e. The zero-order chi connectivity index (χ0) is 10.9. The fourth-order valence-electron chi connectivity index (χ4n) is 1.09. The second-order valence-electron chi connectivity index (χ2n) is 3.00. The zero-order valence-electron chi connectivity index (χ0n) is 7.40. The standard InChI is InChI=1S/C9H9F4N/c1-4(14)6-2-5(9(12)13)3-7(10)8(6)11/h2-4,9H,14H2,1H3. The van der Waals surface area contributed by atoms with Crippen LogP contribution < -0.4 is 5.73 Å². The molecule has 0 radical (unpaired) electrons. The van der Waals surface area contributed by atoms with E-state index in [9.17, 15) is 17.6 Å². The molecule has 0 amide bonds. The molecule has 0 aliphatic heterocycles. The summed E-state index contributed by atoms with van der Waals surface area (Å²) in [6.45, 7) is 1.40. The largest absolute Gasteiger partial charge is 0.324 e. The molecule has 1 rings (SSSR count). The summed E-state index contributed by atoms with van der Waals surface area (Å²) in [5.74, 6) is -2.46. The van der Waals surface area contributed by atoms with Crippen molar-refractivity contribution in [2.45, 2.75) is 19.4 Å². The molecule has 1 unspecified atom stereocenters.